The molecule has 0 atom stereocenters. The Morgan fingerprint density at radius 3 is 3.15 bits per heavy atom. The lowest BCUT2D eigenvalue weighted by molar-refractivity contribution is 0.189. The van der Waals surface area contributed by atoms with Crippen molar-refractivity contribution in [3.63, 3.8) is 0 Å². The van der Waals surface area contributed by atoms with E-state index in [2.05, 4.69) is 15.4 Å². The molecule has 0 radical (unpaired) electrons. The van der Waals surface area contributed by atoms with Gasteiger partial charge in [0.2, 0.25) is 0 Å². The fourth-order valence-corrected chi connectivity index (χ4v) is 1.05. The molecule has 0 amide bonds. The first-order valence-electron chi connectivity index (χ1n) is 4.38. The van der Waals surface area contributed by atoms with Gasteiger partial charge in [0.25, 0.3) is 0 Å². The van der Waals surface area contributed by atoms with E-state index in [0.717, 1.165) is 31.9 Å². The van der Waals surface area contributed by atoms with Crippen LogP contribution < -0.4 is 5.32 Å². The molecule has 0 aromatic carbocycles. The first kappa shape index (κ1) is 10.1. The summed E-state index contributed by atoms with van der Waals surface area (Å²) in [6, 6.07) is 0. The summed E-state index contributed by atoms with van der Waals surface area (Å²) >= 11 is 0. The second-order valence-electron chi connectivity index (χ2n) is 2.80. The van der Waals surface area contributed by atoms with Gasteiger partial charge in [-0.3, -0.25) is 4.68 Å². The molecular formula is C8H16N4O. The van der Waals surface area contributed by atoms with Crippen LogP contribution in [0.15, 0.2) is 6.33 Å². The van der Waals surface area contributed by atoms with E-state index in [1.807, 2.05) is 11.7 Å². The number of nitrogens with zero attached hydrogens (tertiary/aromatic N) is 3. The second-order valence-corrected chi connectivity index (χ2v) is 2.80. The first-order chi connectivity index (χ1) is 6.36. The van der Waals surface area contributed by atoms with Crippen LogP contribution in [-0.4, -0.2) is 35.5 Å². The van der Waals surface area contributed by atoms with Crippen LogP contribution in [0, 0.1) is 0 Å². The van der Waals surface area contributed by atoms with Crippen LogP contribution in [0.4, 0.5) is 0 Å². The Morgan fingerprint density at radius 1 is 1.62 bits per heavy atom. The van der Waals surface area contributed by atoms with Gasteiger partial charge in [0, 0.05) is 20.3 Å². The topological polar surface area (TPSA) is 52.0 Å². The van der Waals surface area contributed by atoms with E-state index in [0.29, 0.717) is 0 Å². The van der Waals surface area contributed by atoms with Crippen LogP contribution in [0.25, 0.3) is 0 Å². The van der Waals surface area contributed by atoms with Gasteiger partial charge < -0.3 is 10.1 Å². The number of hydrogen-bond donors (Lipinski definition) is 1. The lowest BCUT2D eigenvalue weighted by atomic mass is 10.5. The zero-order valence-electron chi connectivity index (χ0n) is 8.16. The van der Waals surface area contributed by atoms with E-state index in [1.165, 1.54) is 0 Å². The molecule has 0 bridgehead atoms. The van der Waals surface area contributed by atoms with Crippen molar-refractivity contribution in [1.29, 1.82) is 0 Å². The minimum Gasteiger partial charge on any atom is -0.385 e. The predicted octanol–water partition coefficient (Wildman–Crippen LogP) is 0.0340. The van der Waals surface area contributed by atoms with Gasteiger partial charge in [-0.1, -0.05) is 0 Å². The van der Waals surface area contributed by atoms with E-state index in [9.17, 15) is 0 Å². The van der Waals surface area contributed by atoms with Crippen molar-refractivity contribution in [2.45, 2.75) is 19.5 Å². The van der Waals surface area contributed by atoms with E-state index >= 15 is 0 Å². The number of ether oxygens (including phenoxy) is 1. The smallest absolute Gasteiger partial charge is 0.164 e. The highest BCUT2D eigenvalue weighted by molar-refractivity contribution is 4.79. The zero-order chi connectivity index (χ0) is 9.52. The van der Waals surface area contributed by atoms with Crippen molar-refractivity contribution >= 4 is 0 Å². The SMILES string of the molecule is CNCc1ncn(CCCOC)n1. The highest BCUT2D eigenvalue weighted by Crippen LogP contribution is 1.91. The van der Waals surface area contributed by atoms with Crippen molar-refractivity contribution < 1.29 is 4.74 Å². The van der Waals surface area contributed by atoms with Crippen molar-refractivity contribution in [2.75, 3.05) is 20.8 Å². The van der Waals surface area contributed by atoms with Crippen LogP contribution >= 0.6 is 0 Å². The predicted molar refractivity (Wildman–Crippen MR) is 49.3 cm³/mol. The Bertz CT molecular complexity index is 236. The van der Waals surface area contributed by atoms with Crippen LogP contribution in [-0.2, 0) is 17.8 Å². The fraction of sp³-hybridized carbons (Fsp3) is 0.750. The van der Waals surface area contributed by atoms with Crippen molar-refractivity contribution in [3.05, 3.63) is 12.2 Å². The number of nitrogens with one attached hydrogen (secondary N) is 1. The minimum absolute atomic E-state index is 0.720. The number of aryl methyl sites for hydroxylation is 1. The molecule has 5 nitrogen and oxygen atoms in total. The molecule has 0 unspecified atom stereocenters. The van der Waals surface area contributed by atoms with Crippen molar-refractivity contribution in [3.8, 4) is 0 Å². The summed E-state index contributed by atoms with van der Waals surface area (Å²) in [5.74, 6) is 0.833. The van der Waals surface area contributed by atoms with Gasteiger partial charge in [0.15, 0.2) is 5.82 Å². The summed E-state index contributed by atoms with van der Waals surface area (Å²) < 4.78 is 6.78. The van der Waals surface area contributed by atoms with E-state index in [4.69, 9.17) is 4.74 Å². The van der Waals surface area contributed by atoms with Gasteiger partial charge in [-0.2, -0.15) is 5.10 Å². The quantitative estimate of drug-likeness (QED) is 0.634. The van der Waals surface area contributed by atoms with E-state index in [-0.39, 0.29) is 0 Å². The Kier molecular flexibility index (Phi) is 4.42. The van der Waals surface area contributed by atoms with E-state index in [1.54, 1.807) is 13.4 Å². The van der Waals surface area contributed by atoms with Crippen molar-refractivity contribution in [2.24, 2.45) is 0 Å². The highest BCUT2D eigenvalue weighted by atomic mass is 16.5. The lowest BCUT2D eigenvalue weighted by Crippen LogP contribution is -2.08. The van der Waals surface area contributed by atoms with Crippen LogP contribution in [0.2, 0.25) is 0 Å². The molecule has 0 saturated heterocycles. The Morgan fingerprint density at radius 2 is 2.46 bits per heavy atom. The third-order valence-corrected chi connectivity index (χ3v) is 1.65. The summed E-state index contributed by atoms with van der Waals surface area (Å²) in [6.45, 7) is 2.35. The molecule has 0 aliphatic heterocycles. The molecule has 0 aliphatic rings. The summed E-state index contributed by atoms with van der Waals surface area (Å²) in [5.41, 5.74) is 0. The average molecular weight is 184 g/mol. The maximum absolute atomic E-state index is 4.94. The lowest BCUT2D eigenvalue weighted by Gasteiger charge is -1.98. The van der Waals surface area contributed by atoms with Gasteiger partial charge in [0.05, 0.1) is 6.54 Å². The molecule has 0 saturated carbocycles. The first-order valence-corrected chi connectivity index (χ1v) is 4.38. The van der Waals surface area contributed by atoms with Crippen LogP contribution in [0.5, 0.6) is 0 Å². The van der Waals surface area contributed by atoms with Crippen LogP contribution in [0.3, 0.4) is 0 Å². The maximum Gasteiger partial charge on any atom is 0.164 e. The summed E-state index contributed by atoms with van der Waals surface area (Å²) in [6.07, 6.45) is 2.72. The summed E-state index contributed by atoms with van der Waals surface area (Å²) in [4.78, 5) is 4.13. The fourth-order valence-electron chi connectivity index (χ4n) is 1.05. The van der Waals surface area contributed by atoms with Crippen molar-refractivity contribution in [1.82, 2.24) is 20.1 Å². The Labute approximate surface area is 78.1 Å². The maximum atomic E-state index is 4.94. The molecule has 1 aromatic heterocycles. The van der Waals surface area contributed by atoms with Gasteiger partial charge in [-0.15, -0.1) is 0 Å². The van der Waals surface area contributed by atoms with E-state index < -0.39 is 0 Å². The third-order valence-electron chi connectivity index (χ3n) is 1.65. The average Bonchev–Trinajstić information content (AvgIpc) is 2.54. The molecule has 13 heavy (non-hydrogen) atoms. The van der Waals surface area contributed by atoms with Gasteiger partial charge >= 0.3 is 0 Å². The number of rotatable bonds is 6. The molecule has 1 aromatic rings. The number of methoxy groups -OCH3 is 1. The molecule has 0 fully saturated rings. The Balaban J connectivity index is 2.31. The molecule has 1 N–H and O–H groups in total. The highest BCUT2D eigenvalue weighted by Gasteiger charge is 1.98. The largest absolute Gasteiger partial charge is 0.385 e. The standard InChI is InChI=1S/C8H16N4O/c1-9-6-8-10-7-12(11-8)4-3-5-13-2/h7,9H,3-6H2,1-2H3. The second kappa shape index (κ2) is 5.66. The normalized spacial score (nSPS) is 10.6. The molecule has 0 aliphatic carbocycles. The number of hydrogen-bond acceptors (Lipinski definition) is 4. The van der Waals surface area contributed by atoms with Gasteiger partial charge in [0.1, 0.15) is 6.33 Å². The van der Waals surface area contributed by atoms with Crippen LogP contribution in [0.1, 0.15) is 12.2 Å². The number of aromatic nitrogens is 3. The Hall–Kier alpha value is -0.940. The molecule has 1 heterocycles. The summed E-state index contributed by atoms with van der Waals surface area (Å²) in [7, 11) is 3.58. The molecular weight excluding hydrogens is 168 g/mol. The van der Waals surface area contributed by atoms with Gasteiger partial charge in [-0.05, 0) is 13.5 Å². The molecule has 1 rings (SSSR count). The zero-order valence-corrected chi connectivity index (χ0v) is 8.16. The third kappa shape index (κ3) is 3.52. The minimum atomic E-state index is 0.720. The molecule has 5 heteroatoms. The molecule has 74 valence electrons. The van der Waals surface area contributed by atoms with Gasteiger partial charge in [-0.25, -0.2) is 4.98 Å². The monoisotopic (exact) mass is 184 g/mol. The molecule has 0 spiro atoms. The summed E-state index contributed by atoms with van der Waals surface area (Å²) in [5, 5.41) is 7.26.